The number of hydrogen-bond acceptors (Lipinski definition) is 1. The Morgan fingerprint density at radius 1 is 1.71 bits per heavy atom. The quantitative estimate of drug-likeness (QED) is 0.441. The Kier molecular flexibility index (Phi) is 6.00. The molecule has 0 aliphatic heterocycles. The molecule has 0 bridgehead atoms. The van der Waals surface area contributed by atoms with Crippen LogP contribution in [0.5, 0.6) is 0 Å². The molecule has 0 spiro atoms. The van der Waals surface area contributed by atoms with Crippen LogP contribution in [0.3, 0.4) is 0 Å². The van der Waals surface area contributed by atoms with Crippen molar-refractivity contribution in [2.24, 2.45) is 0 Å². The van der Waals surface area contributed by atoms with E-state index in [1.807, 2.05) is 6.92 Å². The Morgan fingerprint density at radius 2 is 2.43 bits per heavy atom. The zero-order chi connectivity index (χ0) is 5.54. The van der Waals surface area contributed by atoms with E-state index in [1.165, 1.54) is 0 Å². The van der Waals surface area contributed by atoms with Gasteiger partial charge in [-0.15, -0.1) is 0 Å². The Hall–Kier alpha value is 0. The summed E-state index contributed by atoms with van der Waals surface area (Å²) in [7, 11) is 0. The van der Waals surface area contributed by atoms with Crippen molar-refractivity contribution >= 4 is 15.9 Å². The minimum absolute atomic E-state index is 0.530. The monoisotopic (exact) mass is 162 g/mol. The van der Waals surface area contributed by atoms with E-state index in [-0.39, 0.29) is 0 Å². The van der Waals surface area contributed by atoms with Crippen molar-refractivity contribution in [2.45, 2.75) is 6.92 Å². The summed E-state index contributed by atoms with van der Waals surface area (Å²) >= 11 is 2.94. The fraction of sp³-hybridized carbons (Fsp3) is 0.600. The zero-order valence-corrected chi connectivity index (χ0v) is 5.79. The normalized spacial score (nSPS) is 7.14. The van der Waals surface area contributed by atoms with Gasteiger partial charge in [-0.2, -0.15) is 0 Å². The molecule has 0 amide bonds. The fourth-order valence-electron chi connectivity index (χ4n) is 0.180. The lowest BCUT2D eigenvalue weighted by molar-refractivity contribution is 0.182. The molecular weight excluding hydrogens is 156 g/mol. The Morgan fingerprint density at radius 3 is 2.86 bits per heavy atom. The SMILES string of the molecule is CCOCC#CBr. The molecule has 0 rings (SSSR count). The Labute approximate surface area is 52.2 Å². The van der Waals surface area contributed by atoms with Crippen molar-refractivity contribution in [3.8, 4) is 10.8 Å². The fourth-order valence-corrected chi connectivity index (χ4v) is 0.295. The van der Waals surface area contributed by atoms with Crippen LogP contribution in [0.2, 0.25) is 0 Å². The molecule has 40 valence electrons. The van der Waals surface area contributed by atoms with Crippen molar-refractivity contribution < 1.29 is 4.74 Å². The first kappa shape index (κ1) is 7.00. The third kappa shape index (κ3) is 6.00. The summed E-state index contributed by atoms with van der Waals surface area (Å²) in [4.78, 5) is 2.54. The van der Waals surface area contributed by atoms with E-state index in [2.05, 4.69) is 26.7 Å². The van der Waals surface area contributed by atoms with E-state index < -0.39 is 0 Å². The summed E-state index contributed by atoms with van der Waals surface area (Å²) < 4.78 is 4.87. The highest BCUT2D eigenvalue weighted by atomic mass is 79.9. The van der Waals surface area contributed by atoms with Gasteiger partial charge in [-0.1, -0.05) is 5.92 Å². The van der Waals surface area contributed by atoms with E-state index in [0.717, 1.165) is 6.61 Å². The second-order valence-electron chi connectivity index (χ2n) is 0.908. The third-order valence-corrected chi connectivity index (χ3v) is 0.726. The summed E-state index contributed by atoms with van der Waals surface area (Å²) in [6, 6.07) is 0. The number of hydrogen-bond donors (Lipinski definition) is 0. The molecule has 0 N–H and O–H groups in total. The van der Waals surface area contributed by atoms with Crippen molar-refractivity contribution in [3.05, 3.63) is 0 Å². The zero-order valence-electron chi connectivity index (χ0n) is 4.20. The van der Waals surface area contributed by atoms with Gasteiger partial charge in [0.2, 0.25) is 0 Å². The Bertz CT molecular complexity index is 79.8. The summed E-state index contributed by atoms with van der Waals surface area (Å²) in [5, 5.41) is 0. The van der Waals surface area contributed by atoms with Crippen molar-refractivity contribution in [1.82, 2.24) is 0 Å². The van der Waals surface area contributed by atoms with Crippen LogP contribution < -0.4 is 0 Å². The molecule has 0 unspecified atom stereocenters. The first-order valence-corrected chi connectivity index (χ1v) is 2.87. The number of rotatable bonds is 2. The summed E-state index contributed by atoms with van der Waals surface area (Å²) in [6.07, 6.45) is 0. The molecule has 0 aliphatic rings. The summed E-state index contributed by atoms with van der Waals surface area (Å²) in [5.74, 6) is 2.69. The van der Waals surface area contributed by atoms with Gasteiger partial charge in [0.15, 0.2) is 0 Å². The highest BCUT2D eigenvalue weighted by Crippen LogP contribution is 1.71. The third-order valence-electron chi connectivity index (χ3n) is 0.445. The van der Waals surface area contributed by atoms with Crippen LogP contribution >= 0.6 is 15.9 Å². The van der Waals surface area contributed by atoms with Crippen LogP contribution in [0.4, 0.5) is 0 Å². The second-order valence-corrected chi connectivity index (χ2v) is 1.30. The van der Waals surface area contributed by atoms with Crippen LogP contribution in [-0.4, -0.2) is 13.2 Å². The van der Waals surface area contributed by atoms with Gasteiger partial charge in [-0.3, -0.25) is 0 Å². The van der Waals surface area contributed by atoms with E-state index in [1.54, 1.807) is 0 Å². The average Bonchev–Trinajstić information content (AvgIpc) is 1.69. The van der Waals surface area contributed by atoms with Gasteiger partial charge in [-0.25, -0.2) is 0 Å². The molecular formula is C5H7BrO. The molecule has 1 nitrogen and oxygen atoms in total. The van der Waals surface area contributed by atoms with E-state index in [0.29, 0.717) is 6.61 Å². The smallest absolute Gasteiger partial charge is 0.108 e. The minimum Gasteiger partial charge on any atom is -0.369 e. The molecule has 0 atom stereocenters. The van der Waals surface area contributed by atoms with Gasteiger partial charge in [0.05, 0.1) is 0 Å². The molecule has 7 heavy (non-hydrogen) atoms. The van der Waals surface area contributed by atoms with E-state index in [9.17, 15) is 0 Å². The maximum absolute atomic E-state index is 4.87. The van der Waals surface area contributed by atoms with Crippen LogP contribution in [-0.2, 0) is 4.74 Å². The van der Waals surface area contributed by atoms with Crippen molar-refractivity contribution in [3.63, 3.8) is 0 Å². The maximum atomic E-state index is 4.87. The molecule has 0 aromatic carbocycles. The molecule has 0 heterocycles. The van der Waals surface area contributed by atoms with Crippen molar-refractivity contribution in [1.29, 1.82) is 0 Å². The lowest BCUT2D eigenvalue weighted by Gasteiger charge is -1.86. The highest BCUT2D eigenvalue weighted by molar-refractivity contribution is 9.12. The molecule has 0 saturated heterocycles. The Balaban J connectivity index is 2.78. The van der Waals surface area contributed by atoms with E-state index >= 15 is 0 Å². The van der Waals surface area contributed by atoms with Crippen LogP contribution in [0.25, 0.3) is 0 Å². The largest absolute Gasteiger partial charge is 0.369 e. The molecule has 0 fully saturated rings. The minimum atomic E-state index is 0.530. The lowest BCUT2D eigenvalue weighted by Crippen LogP contribution is -1.87. The molecule has 0 aromatic rings. The van der Waals surface area contributed by atoms with E-state index in [4.69, 9.17) is 4.74 Å². The lowest BCUT2D eigenvalue weighted by atomic mass is 10.7. The van der Waals surface area contributed by atoms with Gasteiger partial charge in [0.25, 0.3) is 0 Å². The number of halogens is 1. The highest BCUT2D eigenvalue weighted by Gasteiger charge is 1.69. The first-order valence-electron chi connectivity index (χ1n) is 2.08. The van der Waals surface area contributed by atoms with Crippen LogP contribution in [0, 0.1) is 10.8 Å². The van der Waals surface area contributed by atoms with Gasteiger partial charge in [-0.05, 0) is 11.8 Å². The van der Waals surface area contributed by atoms with Crippen LogP contribution in [0.15, 0.2) is 0 Å². The van der Waals surface area contributed by atoms with Gasteiger partial charge >= 0.3 is 0 Å². The summed E-state index contributed by atoms with van der Waals surface area (Å²) in [6.45, 7) is 3.21. The predicted octanol–water partition coefficient (Wildman–Crippen LogP) is 1.38. The second kappa shape index (κ2) is 6.00. The number of ether oxygens (including phenoxy) is 1. The molecule has 0 radical (unpaired) electrons. The standard InChI is InChI=1S/C5H7BrO/c1-2-7-5-3-4-6/h2,5H2,1H3. The molecule has 2 heteroatoms. The molecule has 0 aromatic heterocycles. The summed E-state index contributed by atoms with van der Waals surface area (Å²) in [5.41, 5.74) is 0. The topological polar surface area (TPSA) is 9.23 Å². The van der Waals surface area contributed by atoms with Crippen molar-refractivity contribution in [2.75, 3.05) is 13.2 Å². The van der Waals surface area contributed by atoms with Gasteiger partial charge in [0.1, 0.15) is 6.61 Å². The van der Waals surface area contributed by atoms with Gasteiger partial charge in [0, 0.05) is 22.5 Å². The van der Waals surface area contributed by atoms with Crippen LogP contribution in [0.1, 0.15) is 6.92 Å². The predicted molar refractivity (Wildman–Crippen MR) is 33.2 cm³/mol. The first-order chi connectivity index (χ1) is 3.41. The molecule has 0 saturated carbocycles. The maximum Gasteiger partial charge on any atom is 0.108 e. The van der Waals surface area contributed by atoms with Gasteiger partial charge < -0.3 is 4.74 Å². The molecule has 0 aliphatic carbocycles. The average molecular weight is 163 g/mol.